The van der Waals surface area contributed by atoms with Gasteiger partial charge in [-0.05, 0) is 53.6 Å². The number of carbonyl (C=O) groups excluding carboxylic acids is 3. The summed E-state index contributed by atoms with van der Waals surface area (Å²) >= 11 is 8.03. The molecule has 2 aliphatic heterocycles. The molecule has 8 heteroatoms. The van der Waals surface area contributed by atoms with Crippen molar-refractivity contribution in [3.63, 3.8) is 0 Å². The Balaban J connectivity index is 1.58. The molecular weight excluding hydrogens is 457 g/mol. The topological polar surface area (TPSA) is 60.9 Å². The Labute approximate surface area is 165 Å². The fourth-order valence-corrected chi connectivity index (χ4v) is 4.24. The minimum Gasteiger partial charge on any atom is -0.335 e. The second kappa shape index (κ2) is 7.90. The normalized spacial score (nSPS) is 17.8. The molecule has 0 aliphatic carbocycles. The third kappa shape index (κ3) is 4.08. The number of amides is 3. The smallest absolute Gasteiger partial charge is 0.312 e. The van der Waals surface area contributed by atoms with E-state index in [0.29, 0.717) is 49.9 Å². The maximum atomic E-state index is 12.7. The molecule has 6 nitrogen and oxygen atoms in total. The highest BCUT2D eigenvalue weighted by atomic mass is 127. The predicted octanol–water partition coefficient (Wildman–Crippen LogP) is 1.85. The average molecular weight is 476 g/mol. The molecule has 2 saturated heterocycles. The maximum Gasteiger partial charge on any atom is 0.312 e. The van der Waals surface area contributed by atoms with Crippen molar-refractivity contribution in [3.8, 4) is 0 Å². The number of carbonyl (C=O) groups is 3. The zero-order valence-electron chi connectivity index (χ0n) is 13.7. The molecule has 0 bridgehead atoms. The molecule has 0 saturated carbocycles. The van der Waals surface area contributed by atoms with Crippen LogP contribution in [-0.2, 0) is 9.59 Å². The zero-order valence-corrected chi connectivity index (χ0v) is 16.6. The van der Waals surface area contributed by atoms with Gasteiger partial charge in [-0.2, -0.15) is 0 Å². The highest BCUT2D eigenvalue weighted by Crippen LogP contribution is 2.20. The zero-order chi connectivity index (χ0) is 18.0. The minimum atomic E-state index is -0.449. The van der Waals surface area contributed by atoms with Crippen LogP contribution in [0.2, 0.25) is 5.02 Å². The van der Waals surface area contributed by atoms with E-state index < -0.39 is 11.8 Å². The van der Waals surface area contributed by atoms with E-state index in [4.69, 9.17) is 11.6 Å². The van der Waals surface area contributed by atoms with E-state index in [9.17, 15) is 14.4 Å². The molecule has 3 rings (SSSR count). The summed E-state index contributed by atoms with van der Waals surface area (Å²) < 4.78 is 0.804. The van der Waals surface area contributed by atoms with Crippen LogP contribution in [0.5, 0.6) is 0 Å². The quantitative estimate of drug-likeness (QED) is 0.460. The number of hydrogen-bond acceptors (Lipinski definition) is 3. The van der Waals surface area contributed by atoms with Gasteiger partial charge in [0, 0.05) is 47.9 Å². The fourth-order valence-electron chi connectivity index (χ4n) is 3.14. The average Bonchev–Trinajstić information content (AvgIpc) is 3.15. The lowest BCUT2D eigenvalue weighted by atomic mass is 10.2. The van der Waals surface area contributed by atoms with Crippen molar-refractivity contribution < 1.29 is 14.4 Å². The molecule has 3 amide bonds. The van der Waals surface area contributed by atoms with Crippen molar-refractivity contribution in [1.82, 2.24) is 14.7 Å². The molecule has 25 heavy (non-hydrogen) atoms. The van der Waals surface area contributed by atoms with Crippen LogP contribution in [-0.4, -0.2) is 71.7 Å². The van der Waals surface area contributed by atoms with Gasteiger partial charge in [0.2, 0.25) is 0 Å². The molecule has 1 aromatic rings. The standard InChI is InChI=1S/C17H19ClIN3O3/c18-12-3-4-13(14(19)11-12)15(23)21-7-9-22(10-8-21)17(25)16(24)20-5-1-2-6-20/h3-4,11H,1-2,5-10H2. The number of halogens is 2. The lowest BCUT2D eigenvalue weighted by molar-refractivity contribution is -0.152. The van der Waals surface area contributed by atoms with Gasteiger partial charge in [-0.3, -0.25) is 14.4 Å². The van der Waals surface area contributed by atoms with Gasteiger partial charge in [-0.1, -0.05) is 11.6 Å². The Kier molecular flexibility index (Phi) is 5.83. The lowest BCUT2D eigenvalue weighted by Crippen LogP contribution is -2.54. The van der Waals surface area contributed by atoms with E-state index in [2.05, 4.69) is 22.6 Å². The van der Waals surface area contributed by atoms with Crippen molar-refractivity contribution in [3.05, 3.63) is 32.4 Å². The van der Waals surface area contributed by atoms with Gasteiger partial charge in [0.1, 0.15) is 0 Å². The van der Waals surface area contributed by atoms with Crippen molar-refractivity contribution in [2.75, 3.05) is 39.3 Å². The summed E-state index contributed by atoms with van der Waals surface area (Å²) in [5.41, 5.74) is 0.609. The summed E-state index contributed by atoms with van der Waals surface area (Å²) in [7, 11) is 0. The van der Waals surface area contributed by atoms with E-state index in [1.807, 2.05) is 0 Å². The van der Waals surface area contributed by atoms with Crippen molar-refractivity contribution in [2.24, 2.45) is 0 Å². The Bertz CT molecular complexity index is 698. The first-order valence-electron chi connectivity index (χ1n) is 8.30. The van der Waals surface area contributed by atoms with E-state index in [0.717, 1.165) is 16.4 Å². The molecule has 0 spiro atoms. The largest absolute Gasteiger partial charge is 0.335 e. The number of likely N-dealkylation sites (tertiary alicyclic amines) is 1. The van der Waals surface area contributed by atoms with Crippen LogP contribution < -0.4 is 0 Å². The molecule has 0 aromatic heterocycles. The van der Waals surface area contributed by atoms with Crippen molar-refractivity contribution in [2.45, 2.75) is 12.8 Å². The van der Waals surface area contributed by atoms with Crippen LogP contribution in [0, 0.1) is 3.57 Å². The summed E-state index contributed by atoms with van der Waals surface area (Å²) in [6, 6.07) is 5.18. The SMILES string of the molecule is O=C(C(=O)N1CCN(C(=O)c2ccc(Cl)cc2I)CC1)N1CCCC1. The number of hydrogen-bond donors (Lipinski definition) is 0. The van der Waals surface area contributed by atoms with Crippen LogP contribution in [0.15, 0.2) is 18.2 Å². The number of piperazine rings is 1. The first kappa shape index (κ1) is 18.4. The Morgan fingerprint density at radius 1 is 0.840 bits per heavy atom. The second-order valence-electron chi connectivity index (χ2n) is 6.21. The summed E-state index contributed by atoms with van der Waals surface area (Å²) in [5, 5.41) is 0.594. The summed E-state index contributed by atoms with van der Waals surface area (Å²) in [6.07, 6.45) is 1.92. The molecule has 2 heterocycles. The van der Waals surface area contributed by atoms with Crippen LogP contribution in [0.1, 0.15) is 23.2 Å². The van der Waals surface area contributed by atoms with Crippen LogP contribution in [0.3, 0.4) is 0 Å². The highest BCUT2D eigenvalue weighted by Gasteiger charge is 2.32. The van der Waals surface area contributed by atoms with Crippen LogP contribution in [0.4, 0.5) is 0 Å². The monoisotopic (exact) mass is 475 g/mol. The number of benzene rings is 1. The van der Waals surface area contributed by atoms with Gasteiger partial charge in [0.05, 0.1) is 5.56 Å². The first-order valence-corrected chi connectivity index (χ1v) is 9.75. The molecule has 0 atom stereocenters. The van der Waals surface area contributed by atoms with Gasteiger partial charge >= 0.3 is 11.8 Å². The summed E-state index contributed by atoms with van der Waals surface area (Å²) in [5.74, 6) is -0.932. The van der Waals surface area contributed by atoms with Gasteiger partial charge < -0.3 is 14.7 Å². The molecule has 2 fully saturated rings. The second-order valence-corrected chi connectivity index (χ2v) is 7.81. The highest BCUT2D eigenvalue weighted by molar-refractivity contribution is 14.1. The Morgan fingerprint density at radius 3 is 1.92 bits per heavy atom. The molecule has 0 radical (unpaired) electrons. The lowest BCUT2D eigenvalue weighted by Gasteiger charge is -2.35. The molecule has 2 aliphatic rings. The molecule has 0 N–H and O–H groups in total. The molecule has 0 unspecified atom stereocenters. The van der Waals surface area contributed by atoms with Crippen LogP contribution in [0.25, 0.3) is 0 Å². The van der Waals surface area contributed by atoms with Gasteiger partial charge in [-0.25, -0.2) is 0 Å². The third-order valence-corrected chi connectivity index (χ3v) is 5.72. The first-order chi connectivity index (χ1) is 12.0. The fraction of sp³-hybridized carbons (Fsp3) is 0.471. The van der Waals surface area contributed by atoms with Gasteiger partial charge in [-0.15, -0.1) is 0 Å². The maximum absolute atomic E-state index is 12.7. The van der Waals surface area contributed by atoms with E-state index in [1.165, 1.54) is 0 Å². The molecule has 1 aromatic carbocycles. The molecule has 134 valence electrons. The third-order valence-electron chi connectivity index (χ3n) is 4.59. The van der Waals surface area contributed by atoms with E-state index in [1.54, 1.807) is 32.9 Å². The number of rotatable bonds is 1. The summed E-state index contributed by atoms with van der Waals surface area (Å²) in [6.45, 7) is 2.95. The van der Waals surface area contributed by atoms with E-state index in [-0.39, 0.29) is 5.91 Å². The predicted molar refractivity (Wildman–Crippen MR) is 102 cm³/mol. The molecular formula is C17H19ClIN3O3. The van der Waals surface area contributed by atoms with Gasteiger partial charge in [0.15, 0.2) is 0 Å². The summed E-state index contributed by atoms with van der Waals surface area (Å²) in [4.78, 5) is 42.1. The van der Waals surface area contributed by atoms with E-state index >= 15 is 0 Å². The Morgan fingerprint density at radius 2 is 1.36 bits per heavy atom. The Hall–Kier alpha value is -1.35. The number of nitrogens with zero attached hydrogens (tertiary/aromatic N) is 3. The van der Waals surface area contributed by atoms with Gasteiger partial charge in [0.25, 0.3) is 5.91 Å². The van der Waals surface area contributed by atoms with Crippen molar-refractivity contribution >= 4 is 51.9 Å². The van der Waals surface area contributed by atoms with Crippen LogP contribution >= 0.6 is 34.2 Å². The van der Waals surface area contributed by atoms with Crippen molar-refractivity contribution in [1.29, 1.82) is 0 Å². The minimum absolute atomic E-state index is 0.0703.